The molecule has 0 heterocycles. The standard InChI is InChI=1S/C7H7F10NO2S/c1-3-18(2,17)21(19,20)7(15,16)5(10,11)4(8,9)6(12,13)14/h1,3H2,2H3/q+1. The van der Waals surface area contributed by atoms with E-state index in [1.54, 1.807) is 0 Å². The fourth-order valence-corrected chi connectivity index (χ4v) is 2.05. The summed E-state index contributed by atoms with van der Waals surface area (Å²) in [5.74, 6) is -14.9. The molecule has 0 fully saturated rings. The van der Waals surface area contributed by atoms with Gasteiger partial charge < -0.3 is 0 Å². The van der Waals surface area contributed by atoms with Gasteiger partial charge in [-0.1, -0.05) is 0 Å². The zero-order chi connectivity index (χ0) is 17.7. The summed E-state index contributed by atoms with van der Waals surface area (Å²) in [6, 6.07) is 0. The van der Waals surface area contributed by atoms with Crippen molar-refractivity contribution in [1.82, 2.24) is 0 Å². The van der Waals surface area contributed by atoms with Gasteiger partial charge in [0, 0.05) is 11.4 Å². The number of hydrogen-bond acceptors (Lipinski definition) is 2. The normalized spacial score (nSPS) is 18.5. The van der Waals surface area contributed by atoms with Crippen LogP contribution in [0.4, 0.5) is 44.0 Å². The van der Waals surface area contributed by atoms with Gasteiger partial charge in [-0.15, -0.1) is 0 Å². The molecule has 0 rings (SSSR count). The average molecular weight is 359 g/mol. The minimum absolute atomic E-state index is 0.280. The zero-order valence-electron chi connectivity index (χ0n) is 9.87. The van der Waals surface area contributed by atoms with E-state index in [0.29, 0.717) is 0 Å². The maximum absolute atomic E-state index is 13.3. The Balaban J connectivity index is 6.28. The van der Waals surface area contributed by atoms with E-state index in [-0.39, 0.29) is 7.05 Å². The summed E-state index contributed by atoms with van der Waals surface area (Å²) in [7, 11) is -7.42. The van der Waals surface area contributed by atoms with Gasteiger partial charge in [0.15, 0.2) is 0 Å². The summed E-state index contributed by atoms with van der Waals surface area (Å²) in [4.78, 5) is 0. The molecule has 0 spiro atoms. The molecule has 1 atom stereocenters. The number of alkyl halides is 9. The van der Waals surface area contributed by atoms with Gasteiger partial charge in [-0.05, 0) is 4.11 Å². The Bertz CT molecular complexity index is 494. The minimum atomic E-state index is -7.45. The lowest BCUT2D eigenvalue weighted by Crippen LogP contribution is -2.66. The van der Waals surface area contributed by atoms with Crippen LogP contribution in [0.2, 0.25) is 0 Å². The number of sulfonamides is 1. The Morgan fingerprint density at radius 2 is 1.24 bits per heavy atom. The molecule has 0 aromatic rings. The fourth-order valence-electron chi connectivity index (χ4n) is 0.882. The Morgan fingerprint density at radius 1 is 0.905 bits per heavy atom. The van der Waals surface area contributed by atoms with Crippen LogP contribution in [0, 0.1) is 6.92 Å². The van der Waals surface area contributed by atoms with Crippen LogP contribution >= 0.6 is 0 Å². The number of nitrogens with zero attached hydrogens (tertiary/aromatic N) is 1. The third-order valence-electron chi connectivity index (χ3n) is 2.34. The summed E-state index contributed by atoms with van der Waals surface area (Å²) in [5.41, 5.74) is 0. The molecule has 0 aromatic heterocycles. The Labute approximate surface area is 111 Å². The first-order valence-corrected chi connectivity index (χ1v) is 6.04. The van der Waals surface area contributed by atoms with Gasteiger partial charge in [0.25, 0.3) is 0 Å². The highest BCUT2D eigenvalue weighted by Crippen LogP contribution is 2.55. The maximum atomic E-state index is 13.3. The van der Waals surface area contributed by atoms with Crippen LogP contribution in [-0.4, -0.2) is 49.4 Å². The van der Waals surface area contributed by atoms with Crippen LogP contribution in [0.5, 0.6) is 0 Å². The van der Waals surface area contributed by atoms with Crippen molar-refractivity contribution >= 4 is 10.0 Å². The number of hydrogen-bond donors (Lipinski definition) is 0. The van der Waals surface area contributed by atoms with Gasteiger partial charge in [0.05, 0.1) is 0 Å². The lowest BCUT2D eigenvalue weighted by Gasteiger charge is -2.34. The number of rotatable bonds is 5. The maximum Gasteiger partial charge on any atom is 0.467 e. The Hall–Kier alpha value is -0.790. The minimum Gasteiger partial charge on any atom is -0.191 e. The topological polar surface area (TPSA) is 34.1 Å². The van der Waals surface area contributed by atoms with Gasteiger partial charge >= 0.3 is 33.3 Å². The second-order valence-electron chi connectivity index (χ2n) is 3.85. The van der Waals surface area contributed by atoms with Gasteiger partial charge in [0.2, 0.25) is 0 Å². The predicted molar refractivity (Wildman–Crippen MR) is 47.3 cm³/mol. The van der Waals surface area contributed by atoms with Crippen LogP contribution in [0.1, 0.15) is 0 Å². The molecule has 3 nitrogen and oxygen atoms in total. The first kappa shape index (κ1) is 20.2. The average Bonchev–Trinajstić information content (AvgIpc) is 2.26. The molecule has 21 heavy (non-hydrogen) atoms. The van der Waals surface area contributed by atoms with Crippen molar-refractivity contribution in [2.75, 3.05) is 13.6 Å². The van der Waals surface area contributed by atoms with Crippen LogP contribution in [0.25, 0.3) is 0 Å². The number of halogens is 10. The lowest BCUT2D eigenvalue weighted by molar-refractivity contribution is -0.929. The molecule has 0 saturated carbocycles. The summed E-state index contributed by atoms with van der Waals surface area (Å²) < 4.78 is 144. The monoisotopic (exact) mass is 359 g/mol. The molecule has 1 radical (unpaired) electrons. The first-order valence-electron chi connectivity index (χ1n) is 4.60. The van der Waals surface area contributed by atoms with Gasteiger partial charge in [0.1, 0.15) is 13.6 Å². The van der Waals surface area contributed by atoms with Crippen LogP contribution in [-0.2, 0) is 10.0 Å². The SMILES string of the molecule is [CH2]C[N+](C)(F)S(=O)(=O)C(F)(F)C(F)(F)C(F)(F)C(F)(F)F. The summed E-state index contributed by atoms with van der Waals surface area (Å²) in [5, 5.41) is -7.06. The molecule has 0 saturated heterocycles. The third kappa shape index (κ3) is 2.55. The van der Waals surface area contributed by atoms with E-state index in [4.69, 9.17) is 0 Å². The van der Waals surface area contributed by atoms with Gasteiger partial charge in [-0.25, -0.2) is 0 Å². The van der Waals surface area contributed by atoms with Crippen molar-refractivity contribution in [3.63, 3.8) is 0 Å². The molecule has 14 heteroatoms. The second kappa shape index (κ2) is 4.86. The summed E-state index contributed by atoms with van der Waals surface area (Å²) in [6.07, 6.45) is -7.19. The highest BCUT2D eigenvalue weighted by molar-refractivity contribution is 7.87. The van der Waals surface area contributed by atoms with Crippen LogP contribution in [0.15, 0.2) is 0 Å². The van der Waals surface area contributed by atoms with Crippen molar-refractivity contribution in [2.45, 2.75) is 23.3 Å². The fraction of sp³-hybridized carbons (Fsp3) is 0.857. The quantitative estimate of drug-likeness (QED) is 0.559. The lowest BCUT2D eigenvalue weighted by atomic mass is 10.1. The molecule has 0 N–H and O–H groups in total. The molecule has 0 aliphatic heterocycles. The molecular formula is C7H7F10NO2S+. The van der Waals surface area contributed by atoms with Crippen molar-refractivity contribution in [3.05, 3.63) is 6.92 Å². The molecule has 0 bridgehead atoms. The van der Waals surface area contributed by atoms with E-state index in [9.17, 15) is 52.4 Å². The first-order chi connectivity index (χ1) is 8.81. The Morgan fingerprint density at radius 3 is 1.48 bits per heavy atom. The van der Waals surface area contributed by atoms with E-state index in [2.05, 4.69) is 6.92 Å². The summed E-state index contributed by atoms with van der Waals surface area (Å²) in [6.45, 7) is 0.771. The largest absolute Gasteiger partial charge is 0.467 e. The van der Waals surface area contributed by atoms with E-state index < -0.39 is 44.0 Å². The molecule has 127 valence electrons. The Kier molecular flexibility index (Phi) is 4.68. The van der Waals surface area contributed by atoms with Crippen molar-refractivity contribution in [3.8, 4) is 0 Å². The van der Waals surface area contributed by atoms with Crippen LogP contribution in [0.3, 0.4) is 0 Å². The molecule has 0 amide bonds. The van der Waals surface area contributed by atoms with E-state index in [1.807, 2.05) is 0 Å². The molecule has 0 aliphatic carbocycles. The van der Waals surface area contributed by atoms with Crippen molar-refractivity contribution in [2.24, 2.45) is 0 Å². The third-order valence-corrected chi connectivity index (χ3v) is 4.43. The van der Waals surface area contributed by atoms with Crippen molar-refractivity contribution < 1.29 is 56.5 Å². The molecule has 0 aliphatic rings. The highest BCUT2D eigenvalue weighted by Gasteiger charge is 2.88. The molecular weight excluding hydrogens is 352 g/mol. The molecule has 0 aromatic carbocycles. The predicted octanol–water partition coefficient (Wildman–Crippen LogP) is 2.91. The van der Waals surface area contributed by atoms with Crippen molar-refractivity contribution in [1.29, 1.82) is 0 Å². The smallest absolute Gasteiger partial charge is 0.191 e. The zero-order valence-corrected chi connectivity index (χ0v) is 10.7. The second-order valence-corrected chi connectivity index (χ2v) is 6.07. The number of quaternary nitrogens is 1. The van der Waals surface area contributed by atoms with E-state index >= 15 is 0 Å². The van der Waals surface area contributed by atoms with Crippen LogP contribution < -0.4 is 0 Å². The van der Waals surface area contributed by atoms with E-state index in [0.717, 1.165) is 0 Å². The highest BCUT2D eigenvalue weighted by atomic mass is 32.2. The van der Waals surface area contributed by atoms with Gasteiger partial charge in [-0.2, -0.15) is 47.9 Å². The summed E-state index contributed by atoms with van der Waals surface area (Å²) >= 11 is 0. The van der Waals surface area contributed by atoms with E-state index in [1.165, 1.54) is 0 Å². The van der Waals surface area contributed by atoms with Gasteiger partial charge in [-0.3, -0.25) is 0 Å². The molecule has 1 unspecified atom stereocenters.